The molecule has 6 nitrogen and oxygen atoms in total. The van der Waals surface area contributed by atoms with Gasteiger partial charge in [0.05, 0.1) is 11.3 Å². The third kappa shape index (κ3) is 20.0. The summed E-state index contributed by atoms with van der Waals surface area (Å²) in [7, 11) is 0. The lowest BCUT2D eigenvalue weighted by Crippen LogP contribution is -2.25. The molecule has 1 heterocycles. The van der Waals surface area contributed by atoms with E-state index in [1.165, 1.54) is 185 Å². The number of rotatable bonds is 37. The van der Waals surface area contributed by atoms with Crippen LogP contribution in [0, 0.1) is 6.92 Å². The van der Waals surface area contributed by atoms with Gasteiger partial charge in [-0.1, -0.05) is 212 Å². The molecular formula is C52H85N3O3S. The third-order valence-corrected chi connectivity index (χ3v) is 13.3. The van der Waals surface area contributed by atoms with Gasteiger partial charge in [-0.05, 0) is 44.4 Å². The van der Waals surface area contributed by atoms with E-state index in [1.54, 1.807) is 24.3 Å². The maximum atomic E-state index is 13.4. The number of anilines is 1. The zero-order valence-corrected chi connectivity index (χ0v) is 39.1. The number of allylic oxidation sites excluding steroid dienone is 8. The van der Waals surface area contributed by atoms with Crippen molar-refractivity contribution in [2.75, 3.05) is 24.5 Å². The second kappa shape index (κ2) is 31.9. The molecule has 59 heavy (non-hydrogen) atoms. The predicted octanol–water partition coefficient (Wildman–Crippen LogP) is 15.3. The molecular weight excluding hydrogens is 747 g/mol. The molecule has 0 unspecified atom stereocenters. The van der Waals surface area contributed by atoms with Crippen LogP contribution in [0.25, 0.3) is 5.57 Å². The van der Waals surface area contributed by atoms with Crippen molar-refractivity contribution >= 4 is 33.5 Å². The number of carbonyl (C=O) groups excluding carboxylic acids is 2. The fraction of sp³-hybridized carbons (Fsp3) is 0.712. The minimum atomic E-state index is -0.211. The zero-order chi connectivity index (χ0) is 42.3. The molecule has 0 spiro atoms. The summed E-state index contributed by atoms with van der Waals surface area (Å²) in [5.74, 6) is -0.336. The highest BCUT2D eigenvalue weighted by Gasteiger charge is 2.37. The van der Waals surface area contributed by atoms with E-state index in [9.17, 15) is 14.7 Å². The van der Waals surface area contributed by atoms with Crippen molar-refractivity contribution in [1.82, 2.24) is 10.3 Å². The Bertz CT molecular complexity index is 1470. The molecule has 0 saturated carbocycles. The summed E-state index contributed by atoms with van der Waals surface area (Å²) in [5.41, 5.74) is 2.79. The topological polar surface area (TPSA) is 82.5 Å². The van der Waals surface area contributed by atoms with Gasteiger partial charge in [-0.15, -0.1) is 0 Å². The molecule has 0 bridgehead atoms. The Morgan fingerprint density at radius 2 is 1.05 bits per heavy atom. The Morgan fingerprint density at radius 3 is 1.49 bits per heavy atom. The number of carbonyl (C=O) groups is 2. The van der Waals surface area contributed by atoms with Crippen LogP contribution >= 0.6 is 11.3 Å². The Kier molecular flexibility index (Phi) is 27.2. The van der Waals surface area contributed by atoms with Crippen molar-refractivity contribution in [3.8, 4) is 0 Å². The predicted molar refractivity (Wildman–Crippen MR) is 256 cm³/mol. The maximum Gasteiger partial charge on any atom is 0.203 e. The number of unbranched alkanes of at least 4 members (excludes halogenated alkanes) is 27. The van der Waals surface area contributed by atoms with Crippen molar-refractivity contribution < 1.29 is 14.7 Å². The Morgan fingerprint density at radius 1 is 0.610 bits per heavy atom. The smallest absolute Gasteiger partial charge is 0.203 e. The van der Waals surface area contributed by atoms with E-state index >= 15 is 0 Å². The summed E-state index contributed by atoms with van der Waals surface area (Å²) < 4.78 is 0. The van der Waals surface area contributed by atoms with E-state index in [-0.39, 0.29) is 22.9 Å². The van der Waals surface area contributed by atoms with E-state index in [4.69, 9.17) is 4.98 Å². The summed E-state index contributed by atoms with van der Waals surface area (Å²) >= 11 is 1.54. The number of Topliss-reactive ketones (excluding diaryl/α,β-unsaturated/α-hetero) is 1. The minimum absolute atomic E-state index is 0.0234. The molecule has 332 valence electrons. The number of aromatic nitrogens is 1. The van der Waals surface area contributed by atoms with Gasteiger partial charge >= 0.3 is 0 Å². The van der Waals surface area contributed by atoms with Gasteiger partial charge in [-0.25, -0.2) is 4.98 Å². The second-order valence-electron chi connectivity index (χ2n) is 17.4. The van der Waals surface area contributed by atoms with Crippen molar-refractivity contribution in [2.45, 2.75) is 220 Å². The average Bonchev–Trinajstić information content (AvgIpc) is 3.60. The fourth-order valence-electron chi connectivity index (χ4n) is 8.26. The van der Waals surface area contributed by atoms with Gasteiger partial charge < -0.3 is 15.3 Å². The number of hydrogen-bond donors (Lipinski definition) is 2. The second-order valence-corrected chi connectivity index (χ2v) is 18.4. The summed E-state index contributed by atoms with van der Waals surface area (Å²) in [5, 5.41) is 16.2. The van der Waals surface area contributed by atoms with Gasteiger partial charge in [0.1, 0.15) is 21.3 Å². The van der Waals surface area contributed by atoms with E-state index in [0.29, 0.717) is 16.2 Å². The normalized spacial score (nSPS) is 15.5. The molecule has 0 aliphatic heterocycles. The largest absolute Gasteiger partial charge is 0.506 e. The molecule has 2 aliphatic carbocycles. The number of nitrogens with one attached hydrogen (secondary N) is 1. The Balaban J connectivity index is 1.51. The first-order valence-electron chi connectivity index (χ1n) is 24.7. The van der Waals surface area contributed by atoms with Gasteiger partial charge in [0, 0.05) is 37.0 Å². The molecule has 7 heteroatoms. The van der Waals surface area contributed by atoms with Gasteiger partial charge in [-0.3, -0.25) is 9.59 Å². The summed E-state index contributed by atoms with van der Waals surface area (Å²) in [6.07, 6.45) is 47.9. The molecule has 0 radical (unpaired) electrons. The molecule has 1 aromatic rings. The number of aryl methyl sites for hydroxylation is 1. The Hall–Kier alpha value is -2.93. The average molecular weight is 832 g/mol. The molecule has 0 fully saturated rings. The van der Waals surface area contributed by atoms with Crippen LogP contribution in [0.15, 0.2) is 53.0 Å². The monoisotopic (exact) mass is 832 g/mol. The van der Waals surface area contributed by atoms with Crippen LogP contribution in [-0.4, -0.2) is 41.3 Å². The van der Waals surface area contributed by atoms with Crippen LogP contribution in [0.2, 0.25) is 0 Å². The first-order valence-corrected chi connectivity index (χ1v) is 25.5. The molecule has 0 saturated heterocycles. The lowest BCUT2D eigenvalue weighted by atomic mass is 9.87. The quantitative estimate of drug-likeness (QED) is 0.0513. The van der Waals surface area contributed by atoms with Gasteiger partial charge in [0.25, 0.3) is 0 Å². The van der Waals surface area contributed by atoms with Gasteiger partial charge in [0.2, 0.25) is 5.78 Å². The maximum absolute atomic E-state index is 13.4. The summed E-state index contributed by atoms with van der Waals surface area (Å²) in [4.78, 5) is 33.7. The highest BCUT2D eigenvalue weighted by atomic mass is 32.1. The number of aliphatic hydroxyl groups excluding tert-OH is 1. The number of hydrogen-bond acceptors (Lipinski definition) is 7. The van der Waals surface area contributed by atoms with Crippen LogP contribution in [0.3, 0.4) is 0 Å². The summed E-state index contributed by atoms with van der Waals surface area (Å²) in [6, 6.07) is 0. The van der Waals surface area contributed by atoms with E-state index < -0.39 is 0 Å². The van der Waals surface area contributed by atoms with Crippen molar-refractivity contribution in [1.29, 1.82) is 0 Å². The minimum Gasteiger partial charge on any atom is -0.506 e. The van der Waals surface area contributed by atoms with Crippen LogP contribution in [0.5, 0.6) is 0 Å². The lowest BCUT2D eigenvalue weighted by molar-refractivity contribution is -0.112. The van der Waals surface area contributed by atoms with Crippen LogP contribution < -0.4 is 10.2 Å². The first-order chi connectivity index (χ1) is 28.9. The number of ketones is 2. The molecule has 0 amide bonds. The number of nitrogens with zero attached hydrogens (tertiary/aromatic N) is 2. The Labute approximate surface area is 365 Å². The number of thiazole rings is 1. The molecule has 3 rings (SSSR count). The zero-order valence-electron chi connectivity index (χ0n) is 38.3. The SMILES string of the molecule is CCCCCCCCCCCCNC1=CC(=O)/C(=C\C=C2/C(=O)C(c3nc(C)c(N(CCCCCCCCCCCC)CCCCCCCCCCCC)s3)=C2O)C=C1. The molecule has 1 aromatic heterocycles. The van der Waals surface area contributed by atoms with E-state index in [1.807, 2.05) is 13.0 Å². The first kappa shape index (κ1) is 50.4. The van der Waals surface area contributed by atoms with Gasteiger partial charge in [-0.2, -0.15) is 0 Å². The molecule has 0 atom stereocenters. The third-order valence-electron chi connectivity index (χ3n) is 12.1. The lowest BCUT2D eigenvalue weighted by Gasteiger charge is -2.24. The van der Waals surface area contributed by atoms with Crippen LogP contribution in [0.1, 0.15) is 224 Å². The van der Waals surface area contributed by atoms with Crippen molar-refractivity contribution in [2.24, 2.45) is 0 Å². The standard InChI is InChI=1S/C52H85N3O3S/c1-5-8-11-14-17-20-23-26-29-32-39-53-45-37-35-44(47(56)42-45)36-38-46-49(57)48(50(46)58)51-54-43(4)52(59-51)55(40-33-30-27-24-21-18-15-12-9-6-2)41-34-31-28-25-22-19-16-13-10-7-3/h35-38,42,53,57H,5-34,39-41H2,1-4H3/b44-36-,46-38-. The number of aliphatic hydroxyl groups is 1. The van der Waals surface area contributed by atoms with Crippen molar-refractivity contribution in [3.05, 3.63) is 63.7 Å². The van der Waals surface area contributed by atoms with Crippen LogP contribution in [-0.2, 0) is 9.59 Å². The molecule has 2 N–H and O–H groups in total. The summed E-state index contributed by atoms with van der Waals surface area (Å²) in [6.45, 7) is 11.7. The molecule has 0 aromatic carbocycles. The van der Waals surface area contributed by atoms with Gasteiger partial charge in [0.15, 0.2) is 5.78 Å². The van der Waals surface area contributed by atoms with Crippen LogP contribution in [0.4, 0.5) is 5.00 Å². The van der Waals surface area contributed by atoms with Crippen molar-refractivity contribution in [3.63, 3.8) is 0 Å². The van der Waals surface area contributed by atoms with E-state index in [0.717, 1.165) is 55.3 Å². The fourth-order valence-corrected chi connectivity index (χ4v) is 9.42. The van der Waals surface area contributed by atoms with E-state index in [2.05, 4.69) is 31.0 Å². The molecule has 2 aliphatic rings. The highest BCUT2D eigenvalue weighted by molar-refractivity contribution is 7.17. The highest BCUT2D eigenvalue weighted by Crippen LogP contribution is 2.41.